The second kappa shape index (κ2) is 8.05. The van der Waals surface area contributed by atoms with E-state index in [0.29, 0.717) is 13.2 Å². The van der Waals surface area contributed by atoms with Crippen LogP contribution in [0.3, 0.4) is 0 Å². The molecule has 2 amide bonds. The van der Waals surface area contributed by atoms with Crippen molar-refractivity contribution < 1.29 is 19.4 Å². The lowest BCUT2D eigenvalue weighted by Crippen LogP contribution is -2.45. The Balaban J connectivity index is 4.21. The first kappa shape index (κ1) is 16.9. The number of aliphatic hydroxyl groups is 1. The molecule has 0 atom stereocenters. The summed E-state index contributed by atoms with van der Waals surface area (Å²) < 4.78 is 4.89. The monoisotopic (exact) mass is 260 g/mol. The number of carbonyl (C=O) groups is 2. The molecule has 6 heteroatoms. The Morgan fingerprint density at radius 2 is 1.89 bits per heavy atom. The van der Waals surface area contributed by atoms with Crippen LogP contribution in [-0.2, 0) is 14.3 Å². The second-order valence-corrected chi connectivity index (χ2v) is 5.03. The van der Waals surface area contributed by atoms with Gasteiger partial charge in [-0.3, -0.25) is 9.59 Å². The third kappa shape index (κ3) is 6.56. The minimum Gasteiger partial charge on any atom is -0.395 e. The van der Waals surface area contributed by atoms with Crippen LogP contribution in [-0.4, -0.2) is 61.8 Å². The highest BCUT2D eigenvalue weighted by Gasteiger charge is 2.22. The molecular weight excluding hydrogens is 236 g/mol. The van der Waals surface area contributed by atoms with Gasteiger partial charge >= 0.3 is 0 Å². The van der Waals surface area contributed by atoms with Crippen molar-refractivity contribution in [3.05, 3.63) is 0 Å². The van der Waals surface area contributed by atoms with Gasteiger partial charge in [-0.05, 0) is 0 Å². The number of aliphatic hydroxyl groups excluding tert-OH is 1. The minimum absolute atomic E-state index is 0.0557. The molecule has 18 heavy (non-hydrogen) atoms. The first-order valence-electron chi connectivity index (χ1n) is 5.98. The summed E-state index contributed by atoms with van der Waals surface area (Å²) >= 11 is 0. The lowest BCUT2D eigenvalue weighted by molar-refractivity contribution is -0.135. The van der Waals surface area contributed by atoms with E-state index in [4.69, 9.17) is 9.84 Å². The third-order valence-corrected chi connectivity index (χ3v) is 2.37. The summed E-state index contributed by atoms with van der Waals surface area (Å²) in [6.45, 7) is 6.23. The Bertz CT molecular complexity index is 274. The van der Waals surface area contributed by atoms with E-state index >= 15 is 0 Å². The zero-order chi connectivity index (χ0) is 14.2. The summed E-state index contributed by atoms with van der Waals surface area (Å²) in [5, 5.41) is 11.5. The van der Waals surface area contributed by atoms with Gasteiger partial charge in [0.25, 0.3) is 0 Å². The molecule has 0 aromatic rings. The van der Waals surface area contributed by atoms with E-state index in [1.807, 2.05) is 0 Å². The fourth-order valence-electron chi connectivity index (χ4n) is 1.22. The number of ether oxygens (including phenoxy) is 1. The van der Waals surface area contributed by atoms with E-state index < -0.39 is 5.41 Å². The van der Waals surface area contributed by atoms with Crippen molar-refractivity contribution >= 4 is 11.8 Å². The molecule has 6 nitrogen and oxygen atoms in total. The van der Waals surface area contributed by atoms with Gasteiger partial charge in [-0.15, -0.1) is 0 Å². The molecular formula is C12H24N2O4. The second-order valence-electron chi connectivity index (χ2n) is 5.03. The van der Waals surface area contributed by atoms with Crippen LogP contribution >= 0.6 is 0 Å². The van der Waals surface area contributed by atoms with Crippen molar-refractivity contribution in [2.24, 2.45) is 5.41 Å². The Hall–Kier alpha value is -1.14. The molecule has 0 heterocycles. The van der Waals surface area contributed by atoms with Crippen LogP contribution in [0.2, 0.25) is 0 Å². The zero-order valence-corrected chi connectivity index (χ0v) is 11.7. The Kier molecular flexibility index (Phi) is 7.54. The minimum atomic E-state index is -0.519. The van der Waals surface area contributed by atoms with E-state index in [9.17, 15) is 9.59 Å². The molecule has 0 aliphatic carbocycles. The van der Waals surface area contributed by atoms with E-state index in [1.165, 1.54) is 4.90 Å². The highest BCUT2D eigenvalue weighted by molar-refractivity contribution is 5.87. The first-order chi connectivity index (χ1) is 8.32. The number of rotatable bonds is 7. The molecule has 0 bridgehead atoms. The number of carbonyl (C=O) groups excluding carboxylic acids is 2. The van der Waals surface area contributed by atoms with Gasteiger partial charge in [0.05, 0.1) is 19.8 Å². The summed E-state index contributed by atoms with van der Waals surface area (Å²) in [5.74, 6) is -0.398. The van der Waals surface area contributed by atoms with Crippen LogP contribution < -0.4 is 5.32 Å². The van der Waals surface area contributed by atoms with Crippen molar-refractivity contribution in [2.75, 3.05) is 40.0 Å². The van der Waals surface area contributed by atoms with Crippen LogP contribution in [0.15, 0.2) is 0 Å². The Labute approximate surface area is 108 Å². The highest BCUT2D eigenvalue weighted by atomic mass is 16.5. The smallest absolute Gasteiger partial charge is 0.242 e. The van der Waals surface area contributed by atoms with Gasteiger partial charge < -0.3 is 20.1 Å². The quantitative estimate of drug-likeness (QED) is 0.654. The maximum absolute atomic E-state index is 11.8. The molecule has 0 aliphatic rings. The Morgan fingerprint density at radius 3 is 2.33 bits per heavy atom. The summed E-state index contributed by atoms with van der Waals surface area (Å²) in [6, 6.07) is 0. The molecule has 0 saturated carbocycles. The molecule has 0 spiro atoms. The SMILES string of the molecule is COCCN(CCO)C(=O)CNC(=O)C(C)(C)C. The molecule has 0 saturated heterocycles. The molecule has 0 aliphatic heterocycles. The number of hydrogen-bond acceptors (Lipinski definition) is 4. The van der Waals surface area contributed by atoms with Gasteiger partial charge in [0.1, 0.15) is 0 Å². The summed E-state index contributed by atoms with van der Waals surface area (Å²) in [6.07, 6.45) is 0. The molecule has 106 valence electrons. The van der Waals surface area contributed by atoms with Gasteiger partial charge in [-0.25, -0.2) is 0 Å². The van der Waals surface area contributed by atoms with Crippen molar-refractivity contribution in [3.8, 4) is 0 Å². The lowest BCUT2D eigenvalue weighted by atomic mass is 9.96. The van der Waals surface area contributed by atoms with Crippen molar-refractivity contribution in [3.63, 3.8) is 0 Å². The molecule has 0 unspecified atom stereocenters. The van der Waals surface area contributed by atoms with Gasteiger partial charge in [0.2, 0.25) is 11.8 Å². The largest absolute Gasteiger partial charge is 0.395 e. The maximum Gasteiger partial charge on any atom is 0.242 e. The van der Waals surface area contributed by atoms with Gasteiger partial charge in [0.15, 0.2) is 0 Å². The van der Waals surface area contributed by atoms with Crippen LogP contribution in [0.25, 0.3) is 0 Å². The van der Waals surface area contributed by atoms with Gasteiger partial charge in [-0.1, -0.05) is 20.8 Å². The average molecular weight is 260 g/mol. The summed E-state index contributed by atoms with van der Waals surface area (Å²) in [7, 11) is 1.54. The summed E-state index contributed by atoms with van der Waals surface area (Å²) in [5.41, 5.74) is -0.519. The van der Waals surface area contributed by atoms with E-state index in [0.717, 1.165) is 0 Å². The first-order valence-corrected chi connectivity index (χ1v) is 5.98. The van der Waals surface area contributed by atoms with Crippen molar-refractivity contribution in [1.82, 2.24) is 10.2 Å². The molecule has 2 N–H and O–H groups in total. The third-order valence-electron chi connectivity index (χ3n) is 2.37. The number of methoxy groups -OCH3 is 1. The molecule has 0 fully saturated rings. The highest BCUT2D eigenvalue weighted by Crippen LogP contribution is 2.11. The lowest BCUT2D eigenvalue weighted by Gasteiger charge is -2.23. The number of amides is 2. The number of nitrogens with zero attached hydrogens (tertiary/aromatic N) is 1. The van der Waals surface area contributed by atoms with Crippen LogP contribution in [0.5, 0.6) is 0 Å². The average Bonchev–Trinajstić information content (AvgIpc) is 2.29. The van der Waals surface area contributed by atoms with Crippen LogP contribution in [0, 0.1) is 5.41 Å². The normalized spacial score (nSPS) is 11.2. The van der Waals surface area contributed by atoms with E-state index in [2.05, 4.69) is 5.32 Å². The van der Waals surface area contributed by atoms with E-state index in [-0.39, 0.29) is 31.5 Å². The standard InChI is InChI=1S/C12H24N2O4/c1-12(2,3)11(17)13-9-10(16)14(5-7-15)6-8-18-4/h15H,5-9H2,1-4H3,(H,13,17). The topological polar surface area (TPSA) is 78.9 Å². The van der Waals surface area contributed by atoms with Gasteiger partial charge in [0, 0.05) is 25.6 Å². The zero-order valence-electron chi connectivity index (χ0n) is 11.7. The predicted molar refractivity (Wildman–Crippen MR) is 68.0 cm³/mol. The number of nitrogens with one attached hydrogen (secondary N) is 1. The predicted octanol–water partition coefficient (Wildman–Crippen LogP) is -0.384. The molecule has 0 rings (SSSR count). The van der Waals surface area contributed by atoms with E-state index in [1.54, 1.807) is 27.9 Å². The fourth-order valence-corrected chi connectivity index (χ4v) is 1.22. The number of hydrogen-bond donors (Lipinski definition) is 2. The Morgan fingerprint density at radius 1 is 1.28 bits per heavy atom. The maximum atomic E-state index is 11.8. The molecule has 0 aromatic carbocycles. The fraction of sp³-hybridized carbons (Fsp3) is 0.833. The van der Waals surface area contributed by atoms with Crippen molar-refractivity contribution in [2.45, 2.75) is 20.8 Å². The molecule has 0 aromatic heterocycles. The summed E-state index contributed by atoms with van der Waals surface area (Å²) in [4.78, 5) is 24.9. The van der Waals surface area contributed by atoms with Crippen molar-refractivity contribution in [1.29, 1.82) is 0 Å². The van der Waals surface area contributed by atoms with Gasteiger partial charge in [-0.2, -0.15) is 0 Å². The molecule has 0 radical (unpaired) electrons. The van der Waals surface area contributed by atoms with Crippen LogP contribution in [0.1, 0.15) is 20.8 Å². The van der Waals surface area contributed by atoms with Crippen LogP contribution in [0.4, 0.5) is 0 Å².